The fourth-order valence-electron chi connectivity index (χ4n) is 2.82. The number of aromatic nitrogens is 2. The van der Waals surface area contributed by atoms with Crippen LogP contribution in [-0.2, 0) is 6.54 Å². The van der Waals surface area contributed by atoms with E-state index in [2.05, 4.69) is 70.6 Å². The molecule has 3 aromatic rings. The Morgan fingerprint density at radius 2 is 1.81 bits per heavy atom. The van der Waals surface area contributed by atoms with Crippen molar-refractivity contribution >= 4 is 10.8 Å². The Kier molecular flexibility index (Phi) is 3.76. The smallest absolute Gasteiger partial charge is 0.0607 e. The van der Waals surface area contributed by atoms with Crippen molar-refractivity contribution in [1.29, 1.82) is 0 Å². The minimum absolute atomic E-state index is 0.257. The minimum Gasteiger partial charge on any atom is -0.311 e. The van der Waals surface area contributed by atoms with E-state index in [1.165, 1.54) is 22.0 Å². The molecule has 0 spiro atoms. The average Bonchev–Trinajstić information content (AvgIpc) is 2.82. The van der Waals surface area contributed by atoms with E-state index < -0.39 is 0 Å². The van der Waals surface area contributed by atoms with Gasteiger partial charge in [-0.05, 0) is 49.4 Å². The van der Waals surface area contributed by atoms with Crippen LogP contribution in [0.4, 0.5) is 0 Å². The Labute approximate surface area is 125 Å². The van der Waals surface area contributed by atoms with E-state index >= 15 is 0 Å². The number of nitrogens with zero attached hydrogens (tertiary/aromatic N) is 2. The van der Waals surface area contributed by atoms with Gasteiger partial charge < -0.3 is 5.32 Å². The number of fused-ring (bicyclic) bond motifs is 1. The molecule has 0 amide bonds. The van der Waals surface area contributed by atoms with Gasteiger partial charge >= 0.3 is 0 Å². The van der Waals surface area contributed by atoms with Crippen LogP contribution in [-0.4, -0.2) is 16.8 Å². The molecule has 0 aliphatic carbocycles. The van der Waals surface area contributed by atoms with Crippen LogP contribution in [0.2, 0.25) is 0 Å². The molecule has 0 saturated heterocycles. The largest absolute Gasteiger partial charge is 0.311 e. The molecule has 0 radical (unpaired) electrons. The fraction of sp³-hybridized carbons (Fsp3) is 0.278. The van der Waals surface area contributed by atoms with Crippen molar-refractivity contribution in [2.75, 3.05) is 7.05 Å². The van der Waals surface area contributed by atoms with Gasteiger partial charge in [0.15, 0.2) is 0 Å². The SMILES string of the molecule is CNC(Cn1nc(C)cc1C)c1ccc2ccccc2c1. The number of hydrogen-bond donors (Lipinski definition) is 1. The maximum Gasteiger partial charge on any atom is 0.0607 e. The summed E-state index contributed by atoms with van der Waals surface area (Å²) >= 11 is 0. The molecule has 1 heterocycles. The molecule has 2 aromatic carbocycles. The van der Waals surface area contributed by atoms with Crippen LogP contribution in [0, 0.1) is 13.8 Å². The van der Waals surface area contributed by atoms with E-state index in [1.54, 1.807) is 0 Å². The van der Waals surface area contributed by atoms with Crippen molar-refractivity contribution in [3.8, 4) is 0 Å². The number of hydrogen-bond acceptors (Lipinski definition) is 2. The maximum absolute atomic E-state index is 4.56. The number of nitrogens with one attached hydrogen (secondary N) is 1. The first-order chi connectivity index (χ1) is 10.2. The second-order valence-corrected chi connectivity index (χ2v) is 5.56. The van der Waals surface area contributed by atoms with Crippen LogP contribution < -0.4 is 5.32 Å². The zero-order valence-electron chi connectivity index (χ0n) is 12.8. The van der Waals surface area contributed by atoms with Gasteiger partial charge in [0.1, 0.15) is 0 Å². The first kappa shape index (κ1) is 13.8. The summed E-state index contributed by atoms with van der Waals surface area (Å²) in [5, 5.41) is 10.5. The zero-order valence-corrected chi connectivity index (χ0v) is 12.8. The monoisotopic (exact) mass is 279 g/mol. The number of rotatable bonds is 4. The lowest BCUT2D eigenvalue weighted by Gasteiger charge is -2.18. The molecule has 21 heavy (non-hydrogen) atoms. The number of benzene rings is 2. The van der Waals surface area contributed by atoms with Crippen LogP contribution in [0.3, 0.4) is 0 Å². The molecule has 3 nitrogen and oxygen atoms in total. The molecule has 0 aliphatic rings. The van der Waals surface area contributed by atoms with Gasteiger partial charge in [0.05, 0.1) is 18.3 Å². The molecule has 0 saturated carbocycles. The molecular weight excluding hydrogens is 258 g/mol. The first-order valence-corrected chi connectivity index (χ1v) is 7.34. The standard InChI is InChI=1S/C18H21N3/c1-13-10-14(2)21(20-13)12-18(19-3)17-9-8-15-6-4-5-7-16(15)11-17/h4-11,18-19H,12H2,1-3H3. The van der Waals surface area contributed by atoms with Gasteiger partial charge in [-0.25, -0.2) is 0 Å². The quantitative estimate of drug-likeness (QED) is 0.790. The highest BCUT2D eigenvalue weighted by Gasteiger charge is 2.12. The summed E-state index contributed by atoms with van der Waals surface area (Å²) in [6.45, 7) is 4.98. The molecule has 0 fully saturated rings. The van der Waals surface area contributed by atoms with Crippen molar-refractivity contribution in [1.82, 2.24) is 15.1 Å². The second-order valence-electron chi connectivity index (χ2n) is 5.56. The highest BCUT2D eigenvalue weighted by molar-refractivity contribution is 5.83. The van der Waals surface area contributed by atoms with Crippen LogP contribution in [0.5, 0.6) is 0 Å². The zero-order chi connectivity index (χ0) is 14.8. The summed E-state index contributed by atoms with van der Waals surface area (Å²) in [7, 11) is 2.01. The van der Waals surface area contributed by atoms with Crippen molar-refractivity contribution in [2.24, 2.45) is 0 Å². The lowest BCUT2D eigenvalue weighted by Crippen LogP contribution is -2.23. The molecule has 3 rings (SSSR count). The predicted octanol–water partition coefficient (Wildman–Crippen LogP) is 3.61. The maximum atomic E-state index is 4.56. The van der Waals surface area contributed by atoms with Crippen LogP contribution in [0.1, 0.15) is 23.0 Å². The van der Waals surface area contributed by atoms with Gasteiger partial charge in [0.25, 0.3) is 0 Å². The molecule has 1 unspecified atom stereocenters. The summed E-state index contributed by atoms with van der Waals surface area (Å²) in [6, 6.07) is 17.5. The lowest BCUT2D eigenvalue weighted by molar-refractivity contribution is 0.460. The van der Waals surface area contributed by atoms with Crippen molar-refractivity contribution in [3.05, 3.63) is 65.5 Å². The molecule has 1 N–H and O–H groups in total. The van der Waals surface area contributed by atoms with E-state index in [9.17, 15) is 0 Å². The Balaban J connectivity index is 1.92. The third kappa shape index (κ3) is 2.83. The average molecular weight is 279 g/mol. The second kappa shape index (κ2) is 5.70. The van der Waals surface area contributed by atoms with E-state index in [4.69, 9.17) is 0 Å². The summed E-state index contributed by atoms with van der Waals surface area (Å²) in [5.74, 6) is 0. The van der Waals surface area contributed by atoms with E-state index in [0.29, 0.717) is 0 Å². The Bertz CT molecular complexity index is 758. The highest BCUT2D eigenvalue weighted by atomic mass is 15.3. The lowest BCUT2D eigenvalue weighted by atomic mass is 10.0. The summed E-state index contributed by atoms with van der Waals surface area (Å²) < 4.78 is 2.08. The first-order valence-electron chi connectivity index (χ1n) is 7.34. The molecule has 0 aliphatic heterocycles. The molecular formula is C18H21N3. The third-order valence-electron chi connectivity index (χ3n) is 3.98. The number of likely N-dealkylation sites (N-methyl/N-ethyl adjacent to an activating group) is 1. The normalized spacial score (nSPS) is 12.7. The van der Waals surface area contributed by atoms with Gasteiger partial charge in [0, 0.05) is 5.69 Å². The van der Waals surface area contributed by atoms with Gasteiger partial charge in [-0.15, -0.1) is 0 Å². The van der Waals surface area contributed by atoms with Gasteiger partial charge in [-0.2, -0.15) is 5.10 Å². The van der Waals surface area contributed by atoms with E-state index in [1.807, 2.05) is 14.0 Å². The van der Waals surface area contributed by atoms with Crippen molar-refractivity contribution in [2.45, 2.75) is 26.4 Å². The molecule has 3 heteroatoms. The Hall–Kier alpha value is -2.13. The van der Waals surface area contributed by atoms with Crippen LogP contribution >= 0.6 is 0 Å². The molecule has 108 valence electrons. The van der Waals surface area contributed by atoms with Crippen LogP contribution in [0.15, 0.2) is 48.5 Å². The van der Waals surface area contributed by atoms with Crippen molar-refractivity contribution in [3.63, 3.8) is 0 Å². The third-order valence-corrected chi connectivity index (χ3v) is 3.98. The Morgan fingerprint density at radius 3 is 2.48 bits per heavy atom. The molecule has 1 aromatic heterocycles. The number of aryl methyl sites for hydroxylation is 2. The summed E-state index contributed by atoms with van der Waals surface area (Å²) in [4.78, 5) is 0. The van der Waals surface area contributed by atoms with Crippen molar-refractivity contribution < 1.29 is 0 Å². The Morgan fingerprint density at radius 1 is 1.05 bits per heavy atom. The summed E-state index contributed by atoms with van der Waals surface area (Å²) in [5.41, 5.74) is 3.57. The van der Waals surface area contributed by atoms with Gasteiger partial charge in [-0.1, -0.05) is 36.4 Å². The highest BCUT2D eigenvalue weighted by Crippen LogP contribution is 2.22. The summed E-state index contributed by atoms with van der Waals surface area (Å²) in [6.07, 6.45) is 0. The predicted molar refractivity (Wildman–Crippen MR) is 87.4 cm³/mol. The molecule has 1 atom stereocenters. The van der Waals surface area contributed by atoms with Crippen LogP contribution in [0.25, 0.3) is 10.8 Å². The van der Waals surface area contributed by atoms with E-state index in [0.717, 1.165) is 12.2 Å². The van der Waals surface area contributed by atoms with E-state index in [-0.39, 0.29) is 6.04 Å². The topological polar surface area (TPSA) is 29.9 Å². The fourth-order valence-corrected chi connectivity index (χ4v) is 2.82. The van der Waals surface area contributed by atoms with Gasteiger partial charge in [0.2, 0.25) is 0 Å². The minimum atomic E-state index is 0.257. The molecule has 0 bridgehead atoms. The van der Waals surface area contributed by atoms with Gasteiger partial charge in [-0.3, -0.25) is 4.68 Å².